The maximum absolute atomic E-state index is 12.2. The Bertz CT molecular complexity index is 396. The highest BCUT2D eigenvalue weighted by Gasteiger charge is 2.23. The number of nitrogens with zero attached hydrogens (tertiary/aromatic N) is 3. The topological polar surface area (TPSA) is 62.5 Å². The van der Waals surface area contributed by atoms with E-state index in [0.29, 0.717) is 10.0 Å². The second-order valence-electron chi connectivity index (χ2n) is 4.06. The van der Waals surface area contributed by atoms with E-state index >= 15 is 0 Å². The van der Waals surface area contributed by atoms with Gasteiger partial charge in [0.25, 0.3) is 5.91 Å². The monoisotopic (exact) mass is 240 g/mol. The van der Waals surface area contributed by atoms with Crippen molar-refractivity contribution in [1.29, 1.82) is 0 Å². The Balaban J connectivity index is 2.10. The number of thiazole rings is 1. The average molecular weight is 240 g/mol. The van der Waals surface area contributed by atoms with Crippen molar-refractivity contribution in [2.45, 2.75) is 6.92 Å². The van der Waals surface area contributed by atoms with Gasteiger partial charge in [-0.05, 0) is 14.0 Å². The Hall–Kier alpha value is -1.14. The summed E-state index contributed by atoms with van der Waals surface area (Å²) in [5.41, 5.74) is 6.34. The van der Waals surface area contributed by atoms with Gasteiger partial charge < -0.3 is 15.5 Å². The molecule has 16 heavy (non-hydrogen) atoms. The maximum Gasteiger partial charge on any atom is 0.266 e. The second kappa shape index (κ2) is 4.39. The molecule has 0 spiro atoms. The first-order valence-electron chi connectivity index (χ1n) is 5.28. The van der Waals surface area contributed by atoms with Gasteiger partial charge in [0.1, 0.15) is 4.88 Å². The summed E-state index contributed by atoms with van der Waals surface area (Å²) in [5, 5.41) is 0.468. The van der Waals surface area contributed by atoms with Gasteiger partial charge >= 0.3 is 0 Å². The molecule has 0 saturated carbocycles. The molecule has 0 bridgehead atoms. The summed E-state index contributed by atoms with van der Waals surface area (Å²) < 4.78 is 0. The van der Waals surface area contributed by atoms with E-state index in [0.717, 1.165) is 31.9 Å². The van der Waals surface area contributed by atoms with Crippen molar-refractivity contribution in [1.82, 2.24) is 14.8 Å². The molecule has 0 aromatic carbocycles. The van der Waals surface area contributed by atoms with E-state index in [9.17, 15) is 4.79 Å². The predicted octanol–water partition coefficient (Wildman–Crippen LogP) is 0.421. The quantitative estimate of drug-likeness (QED) is 0.773. The van der Waals surface area contributed by atoms with Gasteiger partial charge in [0, 0.05) is 26.2 Å². The van der Waals surface area contributed by atoms with E-state index in [-0.39, 0.29) is 5.91 Å². The highest BCUT2D eigenvalue weighted by atomic mass is 32.1. The molecule has 1 aromatic rings. The van der Waals surface area contributed by atoms with Crippen molar-refractivity contribution >= 4 is 22.4 Å². The Morgan fingerprint density at radius 3 is 2.50 bits per heavy atom. The standard InChI is InChI=1S/C10H16N4OS/c1-7-8(16-10(11)12-7)9(15)14-5-3-13(2)4-6-14/h3-6H2,1-2H3,(H2,11,12). The zero-order valence-electron chi connectivity index (χ0n) is 9.56. The Labute approximate surface area is 98.9 Å². The van der Waals surface area contributed by atoms with Crippen molar-refractivity contribution < 1.29 is 4.79 Å². The van der Waals surface area contributed by atoms with Crippen LogP contribution >= 0.6 is 11.3 Å². The van der Waals surface area contributed by atoms with Crippen LogP contribution in [0.1, 0.15) is 15.4 Å². The van der Waals surface area contributed by atoms with E-state index in [4.69, 9.17) is 5.73 Å². The molecular weight excluding hydrogens is 224 g/mol. The first-order valence-corrected chi connectivity index (χ1v) is 6.10. The van der Waals surface area contributed by atoms with Crippen LogP contribution in [0.15, 0.2) is 0 Å². The molecule has 5 nitrogen and oxygen atoms in total. The van der Waals surface area contributed by atoms with Gasteiger partial charge in [0.05, 0.1) is 5.69 Å². The number of carbonyl (C=O) groups is 1. The molecule has 0 unspecified atom stereocenters. The summed E-state index contributed by atoms with van der Waals surface area (Å²) in [7, 11) is 2.07. The molecule has 1 aliphatic rings. The lowest BCUT2D eigenvalue weighted by Crippen LogP contribution is -2.47. The number of aryl methyl sites for hydroxylation is 1. The lowest BCUT2D eigenvalue weighted by molar-refractivity contribution is 0.0668. The van der Waals surface area contributed by atoms with Crippen molar-refractivity contribution in [3.8, 4) is 0 Å². The number of piperazine rings is 1. The first kappa shape index (κ1) is 11.3. The van der Waals surface area contributed by atoms with Gasteiger partial charge in [0.2, 0.25) is 0 Å². The summed E-state index contributed by atoms with van der Waals surface area (Å²) in [6, 6.07) is 0. The summed E-state index contributed by atoms with van der Waals surface area (Å²) in [5.74, 6) is 0.0693. The summed E-state index contributed by atoms with van der Waals surface area (Å²) in [4.78, 5) is 21.0. The molecular formula is C10H16N4OS. The number of hydrogen-bond donors (Lipinski definition) is 1. The van der Waals surface area contributed by atoms with Crippen LogP contribution in [0.25, 0.3) is 0 Å². The fourth-order valence-corrected chi connectivity index (χ4v) is 2.57. The van der Waals surface area contributed by atoms with Crippen molar-refractivity contribution in [2.24, 2.45) is 0 Å². The van der Waals surface area contributed by atoms with Crippen LogP contribution in [0.4, 0.5) is 5.13 Å². The van der Waals surface area contributed by atoms with Crippen LogP contribution in [0.3, 0.4) is 0 Å². The Kier molecular flexibility index (Phi) is 3.11. The van der Waals surface area contributed by atoms with Gasteiger partial charge in [-0.15, -0.1) is 0 Å². The van der Waals surface area contributed by atoms with E-state index < -0.39 is 0 Å². The van der Waals surface area contributed by atoms with Gasteiger partial charge in [-0.2, -0.15) is 0 Å². The lowest BCUT2D eigenvalue weighted by Gasteiger charge is -2.32. The third-order valence-electron chi connectivity index (χ3n) is 2.80. The van der Waals surface area contributed by atoms with Crippen LogP contribution in [0.2, 0.25) is 0 Å². The molecule has 0 aliphatic carbocycles. The molecule has 1 aliphatic heterocycles. The largest absolute Gasteiger partial charge is 0.375 e. The zero-order chi connectivity index (χ0) is 11.7. The summed E-state index contributed by atoms with van der Waals surface area (Å²) in [6.45, 7) is 5.26. The summed E-state index contributed by atoms with van der Waals surface area (Å²) >= 11 is 1.28. The number of nitrogens with two attached hydrogens (primary N) is 1. The number of rotatable bonds is 1. The highest BCUT2D eigenvalue weighted by Crippen LogP contribution is 2.21. The van der Waals surface area contributed by atoms with Crippen LogP contribution in [0, 0.1) is 6.92 Å². The van der Waals surface area contributed by atoms with Crippen LogP contribution in [0.5, 0.6) is 0 Å². The Morgan fingerprint density at radius 2 is 2.00 bits per heavy atom. The third-order valence-corrected chi connectivity index (χ3v) is 3.77. The SMILES string of the molecule is Cc1nc(N)sc1C(=O)N1CCN(C)CC1. The first-order chi connectivity index (χ1) is 7.58. The minimum Gasteiger partial charge on any atom is -0.375 e. The smallest absolute Gasteiger partial charge is 0.266 e. The number of hydrogen-bond acceptors (Lipinski definition) is 5. The van der Waals surface area contributed by atoms with E-state index in [2.05, 4.69) is 16.9 Å². The number of amides is 1. The van der Waals surface area contributed by atoms with Gasteiger partial charge in [-0.25, -0.2) is 4.98 Å². The number of carbonyl (C=O) groups excluding carboxylic acids is 1. The van der Waals surface area contributed by atoms with Gasteiger partial charge in [-0.3, -0.25) is 4.79 Å². The molecule has 1 fully saturated rings. The molecule has 88 valence electrons. The summed E-state index contributed by atoms with van der Waals surface area (Å²) in [6.07, 6.45) is 0. The number of likely N-dealkylation sites (N-methyl/N-ethyl adjacent to an activating group) is 1. The Morgan fingerprint density at radius 1 is 1.38 bits per heavy atom. The molecule has 0 radical (unpaired) electrons. The zero-order valence-corrected chi connectivity index (χ0v) is 10.4. The lowest BCUT2D eigenvalue weighted by atomic mass is 10.3. The minimum atomic E-state index is 0.0693. The van der Waals surface area contributed by atoms with E-state index in [1.165, 1.54) is 11.3 Å². The third kappa shape index (κ3) is 2.17. The van der Waals surface area contributed by atoms with Crippen LogP contribution in [-0.2, 0) is 0 Å². The minimum absolute atomic E-state index is 0.0693. The van der Waals surface area contributed by atoms with E-state index in [1.807, 2.05) is 11.8 Å². The predicted molar refractivity (Wildman–Crippen MR) is 64.7 cm³/mol. The number of nitrogen functional groups attached to an aromatic ring is 1. The maximum atomic E-state index is 12.2. The molecule has 6 heteroatoms. The molecule has 1 amide bonds. The van der Waals surface area contributed by atoms with Gasteiger partial charge in [-0.1, -0.05) is 11.3 Å². The van der Waals surface area contributed by atoms with Crippen LogP contribution in [-0.4, -0.2) is 53.9 Å². The van der Waals surface area contributed by atoms with Crippen LogP contribution < -0.4 is 5.73 Å². The highest BCUT2D eigenvalue weighted by molar-refractivity contribution is 7.17. The van der Waals surface area contributed by atoms with Crippen molar-refractivity contribution in [2.75, 3.05) is 39.0 Å². The second-order valence-corrected chi connectivity index (χ2v) is 5.09. The molecule has 1 saturated heterocycles. The molecule has 2 heterocycles. The fraction of sp³-hybridized carbons (Fsp3) is 0.600. The molecule has 2 N–H and O–H groups in total. The number of aromatic nitrogens is 1. The normalized spacial score (nSPS) is 17.8. The molecule has 0 atom stereocenters. The van der Waals surface area contributed by atoms with Crippen molar-refractivity contribution in [3.05, 3.63) is 10.6 Å². The fourth-order valence-electron chi connectivity index (χ4n) is 1.77. The number of anilines is 1. The van der Waals surface area contributed by atoms with Gasteiger partial charge in [0.15, 0.2) is 5.13 Å². The van der Waals surface area contributed by atoms with E-state index in [1.54, 1.807) is 0 Å². The molecule has 1 aromatic heterocycles. The van der Waals surface area contributed by atoms with Crippen molar-refractivity contribution in [3.63, 3.8) is 0 Å². The average Bonchev–Trinajstić information content (AvgIpc) is 2.58. The molecule has 2 rings (SSSR count).